The maximum Gasteiger partial charge on any atom is 0.174 e. The summed E-state index contributed by atoms with van der Waals surface area (Å²) in [7, 11) is 0. The molecule has 2 unspecified atom stereocenters. The molecule has 1 fully saturated rings. The summed E-state index contributed by atoms with van der Waals surface area (Å²) in [6.07, 6.45) is 5.51. The molecule has 110 valence electrons. The highest BCUT2D eigenvalue weighted by Gasteiger charge is 2.61. The Morgan fingerprint density at radius 1 is 1.05 bits per heavy atom. The molecule has 4 rings (SSSR count). The number of ether oxygens (including phenoxy) is 1. The van der Waals surface area contributed by atoms with Crippen LogP contribution >= 0.6 is 45.2 Å². The molecule has 0 radical (unpaired) electrons. The first-order valence-electron chi connectivity index (χ1n) is 6.88. The highest BCUT2D eigenvalue weighted by atomic mass is 127. The molecule has 0 amide bonds. The van der Waals surface area contributed by atoms with Gasteiger partial charge < -0.3 is 9.30 Å². The van der Waals surface area contributed by atoms with Crippen LogP contribution in [0.4, 0.5) is 0 Å². The maximum atomic E-state index is 6.26. The molecule has 0 bridgehead atoms. The number of aromatic nitrogens is 2. The van der Waals surface area contributed by atoms with Crippen LogP contribution in [-0.2, 0) is 10.3 Å². The standard InChI is InChI=1S/C17H12I2N2O/c18-13-7-5-12(6-8-13)17(14-3-1-2-4-15(14)19)16(22-17)21-10-9-20-11-21/h1-11,16H. The summed E-state index contributed by atoms with van der Waals surface area (Å²) >= 11 is 4.71. The van der Waals surface area contributed by atoms with Crippen molar-refractivity contribution in [2.24, 2.45) is 0 Å². The van der Waals surface area contributed by atoms with Gasteiger partial charge in [-0.3, -0.25) is 0 Å². The Kier molecular flexibility index (Phi) is 3.74. The lowest BCUT2D eigenvalue weighted by molar-refractivity contribution is 0.303. The largest absolute Gasteiger partial charge is 0.333 e. The fraction of sp³-hybridized carbons (Fsp3) is 0.118. The first-order valence-corrected chi connectivity index (χ1v) is 9.04. The van der Waals surface area contributed by atoms with Gasteiger partial charge in [-0.15, -0.1) is 0 Å². The van der Waals surface area contributed by atoms with E-state index in [9.17, 15) is 0 Å². The zero-order valence-electron chi connectivity index (χ0n) is 11.5. The monoisotopic (exact) mass is 514 g/mol. The number of epoxide rings is 1. The number of nitrogens with zero attached hydrogens (tertiary/aromatic N) is 2. The zero-order valence-corrected chi connectivity index (χ0v) is 15.8. The Balaban J connectivity index is 1.87. The van der Waals surface area contributed by atoms with Gasteiger partial charge in [0.05, 0.1) is 6.33 Å². The van der Waals surface area contributed by atoms with Gasteiger partial charge in [-0.05, 0) is 68.9 Å². The second-order valence-corrected chi connectivity index (χ2v) is 7.61. The van der Waals surface area contributed by atoms with Gasteiger partial charge in [-0.25, -0.2) is 4.98 Å². The predicted octanol–water partition coefficient (Wildman–Crippen LogP) is 4.56. The van der Waals surface area contributed by atoms with Gasteiger partial charge >= 0.3 is 0 Å². The Hall–Kier alpha value is -0.930. The summed E-state index contributed by atoms with van der Waals surface area (Å²) in [6, 6.07) is 17.0. The molecule has 2 heterocycles. The Morgan fingerprint density at radius 3 is 2.50 bits per heavy atom. The van der Waals surface area contributed by atoms with Gasteiger partial charge in [0.1, 0.15) is 0 Å². The summed E-state index contributed by atoms with van der Waals surface area (Å²) in [4.78, 5) is 4.15. The predicted molar refractivity (Wildman–Crippen MR) is 101 cm³/mol. The average Bonchev–Trinajstić information content (AvgIpc) is 3.04. The quantitative estimate of drug-likeness (QED) is 0.379. The van der Waals surface area contributed by atoms with E-state index in [2.05, 4.69) is 98.7 Å². The van der Waals surface area contributed by atoms with E-state index in [4.69, 9.17) is 4.74 Å². The van der Waals surface area contributed by atoms with E-state index in [0.29, 0.717) is 0 Å². The molecule has 1 aromatic heterocycles. The van der Waals surface area contributed by atoms with Crippen molar-refractivity contribution < 1.29 is 4.74 Å². The number of halogens is 2. The lowest BCUT2D eigenvalue weighted by Crippen LogP contribution is -2.16. The second kappa shape index (κ2) is 5.61. The first-order chi connectivity index (χ1) is 10.7. The normalized spacial score (nSPS) is 23.5. The molecule has 0 saturated carbocycles. The Bertz CT molecular complexity index is 802. The minimum atomic E-state index is -0.428. The van der Waals surface area contributed by atoms with Crippen LogP contribution in [0.3, 0.4) is 0 Å². The van der Waals surface area contributed by atoms with Crippen LogP contribution in [0.5, 0.6) is 0 Å². The van der Waals surface area contributed by atoms with E-state index in [1.807, 2.05) is 17.1 Å². The summed E-state index contributed by atoms with van der Waals surface area (Å²) in [5.41, 5.74) is 1.95. The smallest absolute Gasteiger partial charge is 0.174 e. The molecule has 0 spiro atoms. The van der Waals surface area contributed by atoms with Crippen molar-refractivity contribution in [1.29, 1.82) is 0 Å². The number of rotatable bonds is 3. The van der Waals surface area contributed by atoms with Gasteiger partial charge in [-0.1, -0.05) is 30.3 Å². The fourth-order valence-electron chi connectivity index (χ4n) is 2.84. The maximum absolute atomic E-state index is 6.26. The number of imidazole rings is 1. The molecule has 1 saturated heterocycles. The highest BCUT2D eigenvalue weighted by Crippen LogP contribution is 2.59. The third-order valence-corrected chi connectivity index (χ3v) is 5.59. The minimum absolute atomic E-state index is 0.0500. The summed E-state index contributed by atoms with van der Waals surface area (Å²) in [6.45, 7) is 0. The van der Waals surface area contributed by atoms with Gasteiger partial charge in [0.25, 0.3) is 0 Å². The van der Waals surface area contributed by atoms with Gasteiger partial charge in [-0.2, -0.15) is 0 Å². The topological polar surface area (TPSA) is 30.4 Å². The van der Waals surface area contributed by atoms with E-state index in [1.54, 1.807) is 6.20 Å². The fourth-order valence-corrected chi connectivity index (χ4v) is 3.99. The molecule has 1 aliphatic heterocycles. The van der Waals surface area contributed by atoms with Crippen LogP contribution in [0, 0.1) is 7.14 Å². The molecule has 5 heteroatoms. The van der Waals surface area contributed by atoms with Crippen LogP contribution in [-0.4, -0.2) is 9.55 Å². The molecule has 2 atom stereocenters. The van der Waals surface area contributed by atoms with Crippen molar-refractivity contribution >= 4 is 45.2 Å². The third kappa shape index (κ3) is 2.30. The molecular formula is C17H12I2N2O. The van der Waals surface area contributed by atoms with E-state index in [1.165, 1.54) is 18.3 Å². The van der Waals surface area contributed by atoms with Crippen molar-refractivity contribution in [3.63, 3.8) is 0 Å². The van der Waals surface area contributed by atoms with Gasteiger partial charge in [0.2, 0.25) is 0 Å². The zero-order chi connectivity index (χ0) is 15.2. The van der Waals surface area contributed by atoms with Crippen molar-refractivity contribution in [2.45, 2.75) is 11.8 Å². The van der Waals surface area contributed by atoms with Crippen LogP contribution in [0.25, 0.3) is 0 Å². The van der Waals surface area contributed by atoms with Gasteiger partial charge in [0, 0.05) is 25.1 Å². The molecule has 22 heavy (non-hydrogen) atoms. The van der Waals surface area contributed by atoms with Gasteiger partial charge in [0.15, 0.2) is 11.8 Å². The van der Waals surface area contributed by atoms with Crippen molar-refractivity contribution in [2.75, 3.05) is 0 Å². The molecule has 0 N–H and O–H groups in total. The molecule has 3 aromatic rings. The number of hydrogen-bond acceptors (Lipinski definition) is 2. The molecule has 1 aliphatic rings. The highest BCUT2D eigenvalue weighted by molar-refractivity contribution is 14.1. The van der Waals surface area contributed by atoms with E-state index in [0.717, 1.165) is 0 Å². The van der Waals surface area contributed by atoms with Crippen LogP contribution in [0.2, 0.25) is 0 Å². The Morgan fingerprint density at radius 2 is 1.82 bits per heavy atom. The third-order valence-electron chi connectivity index (χ3n) is 3.93. The number of hydrogen-bond donors (Lipinski definition) is 0. The van der Waals surface area contributed by atoms with Crippen molar-refractivity contribution in [3.8, 4) is 0 Å². The second-order valence-electron chi connectivity index (χ2n) is 5.20. The SMILES string of the molecule is Ic1ccc(C2(c3ccccc3I)OC2n2ccnc2)cc1. The van der Waals surface area contributed by atoms with Crippen molar-refractivity contribution in [1.82, 2.24) is 9.55 Å². The average molecular weight is 514 g/mol. The lowest BCUT2D eigenvalue weighted by Gasteiger charge is -2.16. The molecule has 2 aromatic carbocycles. The first kappa shape index (κ1) is 14.6. The summed E-state index contributed by atoms with van der Waals surface area (Å²) in [5.74, 6) is 0. The van der Waals surface area contributed by atoms with E-state index in [-0.39, 0.29) is 6.23 Å². The molecule has 0 aliphatic carbocycles. The summed E-state index contributed by atoms with van der Waals surface area (Å²) < 4.78 is 10.7. The van der Waals surface area contributed by atoms with Crippen LogP contribution < -0.4 is 0 Å². The summed E-state index contributed by atoms with van der Waals surface area (Å²) in [5, 5.41) is 0. The van der Waals surface area contributed by atoms with E-state index < -0.39 is 5.60 Å². The van der Waals surface area contributed by atoms with E-state index >= 15 is 0 Å². The molecule has 3 nitrogen and oxygen atoms in total. The van der Waals surface area contributed by atoms with Crippen molar-refractivity contribution in [3.05, 3.63) is 85.5 Å². The molecular weight excluding hydrogens is 502 g/mol. The minimum Gasteiger partial charge on any atom is -0.333 e. The van der Waals surface area contributed by atoms with Crippen LogP contribution in [0.1, 0.15) is 17.4 Å². The van der Waals surface area contributed by atoms with Crippen LogP contribution in [0.15, 0.2) is 67.3 Å². The Labute approximate surface area is 156 Å². The lowest BCUT2D eigenvalue weighted by atomic mass is 9.90. The number of benzene rings is 2.